The van der Waals surface area contributed by atoms with E-state index in [1.807, 2.05) is 46.0 Å². The van der Waals surface area contributed by atoms with Crippen molar-refractivity contribution in [2.75, 3.05) is 0 Å². The first kappa shape index (κ1) is 14.8. The van der Waals surface area contributed by atoms with Gasteiger partial charge in [-0.05, 0) is 50.1 Å². The molecule has 110 valence electrons. The normalized spacial score (nSPS) is 11.0. The zero-order chi connectivity index (χ0) is 15.6. The highest BCUT2D eigenvalue weighted by molar-refractivity contribution is 5.85. The van der Waals surface area contributed by atoms with Gasteiger partial charge in [-0.3, -0.25) is 4.68 Å². The fourth-order valence-corrected chi connectivity index (χ4v) is 2.07. The first-order chi connectivity index (χ1) is 9.88. The van der Waals surface area contributed by atoms with Crippen LogP contribution in [0.25, 0.3) is 6.08 Å². The lowest BCUT2D eigenvalue weighted by molar-refractivity contribution is -0.131. The number of carboxylic acid groups (broad SMARTS) is 1. The maximum Gasteiger partial charge on any atom is 0.328 e. The van der Waals surface area contributed by atoms with Crippen LogP contribution in [0.3, 0.4) is 0 Å². The van der Waals surface area contributed by atoms with E-state index >= 15 is 0 Å². The highest BCUT2D eigenvalue weighted by Gasteiger charge is 2.12. The van der Waals surface area contributed by atoms with Crippen LogP contribution in [-0.2, 0) is 11.8 Å². The van der Waals surface area contributed by atoms with Gasteiger partial charge in [-0.2, -0.15) is 5.10 Å². The number of hydrogen-bond acceptors (Lipinski definition) is 3. The second kappa shape index (κ2) is 5.83. The first-order valence-electron chi connectivity index (χ1n) is 6.58. The molecule has 2 rings (SSSR count). The van der Waals surface area contributed by atoms with Crippen LogP contribution in [0.1, 0.15) is 22.5 Å². The van der Waals surface area contributed by atoms with E-state index in [1.54, 1.807) is 10.8 Å². The van der Waals surface area contributed by atoms with Crippen LogP contribution in [0.15, 0.2) is 24.3 Å². The molecule has 0 aliphatic carbocycles. The minimum absolute atomic E-state index is 0.738. The predicted molar refractivity (Wildman–Crippen MR) is 80.6 cm³/mol. The van der Waals surface area contributed by atoms with Crippen molar-refractivity contribution in [3.05, 3.63) is 46.8 Å². The number of benzene rings is 1. The molecule has 5 heteroatoms. The Hall–Kier alpha value is -2.56. The van der Waals surface area contributed by atoms with E-state index in [4.69, 9.17) is 9.84 Å². The van der Waals surface area contributed by atoms with Crippen molar-refractivity contribution in [3.8, 4) is 11.5 Å². The lowest BCUT2D eigenvalue weighted by Crippen LogP contribution is -1.94. The van der Waals surface area contributed by atoms with Crippen molar-refractivity contribution in [1.82, 2.24) is 9.78 Å². The number of aliphatic carboxylic acids is 1. The summed E-state index contributed by atoms with van der Waals surface area (Å²) >= 11 is 0. The summed E-state index contributed by atoms with van der Waals surface area (Å²) in [4.78, 5) is 10.5. The Balaban J connectivity index is 2.27. The molecule has 0 spiro atoms. The van der Waals surface area contributed by atoms with Gasteiger partial charge in [0.2, 0.25) is 0 Å². The van der Waals surface area contributed by atoms with E-state index in [1.165, 1.54) is 0 Å². The summed E-state index contributed by atoms with van der Waals surface area (Å²) in [6, 6.07) is 5.54. The molecular formula is C16H18N2O3. The maximum atomic E-state index is 10.5. The molecule has 1 heterocycles. The van der Waals surface area contributed by atoms with Crippen LogP contribution in [0.2, 0.25) is 0 Å². The molecule has 5 nitrogen and oxygen atoms in total. The average Bonchev–Trinajstić information content (AvgIpc) is 2.65. The molecule has 0 aliphatic heterocycles. The Kier molecular flexibility index (Phi) is 4.12. The number of ether oxygens (including phenoxy) is 1. The average molecular weight is 286 g/mol. The quantitative estimate of drug-likeness (QED) is 0.876. The van der Waals surface area contributed by atoms with Crippen molar-refractivity contribution in [2.45, 2.75) is 20.8 Å². The summed E-state index contributed by atoms with van der Waals surface area (Å²) in [5, 5.41) is 13.0. The summed E-state index contributed by atoms with van der Waals surface area (Å²) in [6.07, 6.45) is 2.67. The van der Waals surface area contributed by atoms with Crippen LogP contribution in [0, 0.1) is 20.8 Å². The highest BCUT2D eigenvalue weighted by atomic mass is 16.5. The van der Waals surface area contributed by atoms with Crippen LogP contribution in [0.4, 0.5) is 0 Å². The molecule has 0 atom stereocenters. The lowest BCUT2D eigenvalue weighted by atomic mass is 10.1. The minimum atomic E-state index is -0.963. The van der Waals surface area contributed by atoms with Gasteiger partial charge >= 0.3 is 5.97 Å². The number of aryl methyl sites for hydroxylation is 3. The fraction of sp³-hybridized carbons (Fsp3) is 0.250. The third-order valence-electron chi connectivity index (χ3n) is 3.27. The molecule has 0 radical (unpaired) electrons. The molecule has 0 unspecified atom stereocenters. The second-order valence-electron chi connectivity index (χ2n) is 4.92. The van der Waals surface area contributed by atoms with Gasteiger partial charge in [-0.1, -0.05) is 6.07 Å². The molecule has 0 aliphatic rings. The highest BCUT2D eigenvalue weighted by Crippen LogP contribution is 2.30. The summed E-state index contributed by atoms with van der Waals surface area (Å²) in [7, 11) is 1.88. The van der Waals surface area contributed by atoms with Gasteiger partial charge in [-0.15, -0.1) is 0 Å². The zero-order valence-corrected chi connectivity index (χ0v) is 12.5. The smallest absolute Gasteiger partial charge is 0.328 e. The molecule has 1 aromatic carbocycles. The first-order valence-corrected chi connectivity index (χ1v) is 6.58. The number of rotatable bonds is 4. The summed E-state index contributed by atoms with van der Waals surface area (Å²) in [6.45, 7) is 5.78. The van der Waals surface area contributed by atoms with E-state index in [2.05, 4.69) is 5.10 Å². The largest absolute Gasteiger partial charge is 0.478 e. The van der Waals surface area contributed by atoms with Gasteiger partial charge in [0, 0.05) is 13.1 Å². The fourth-order valence-electron chi connectivity index (χ4n) is 2.07. The van der Waals surface area contributed by atoms with Crippen molar-refractivity contribution in [2.24, 2.45) is 7.05 Å². The Bertz CT molecular complexity index is 715. The van der Waals surface area contributed by atoms with E-state index in [0.717, 1.165) is 40.1 Å². The van der Waals surface area contributed by atoms with E-state index in [0.29, 0.717) is 0 Å². The van der Waals surface area contributed by atoms with Crippen LogP contribution < -0.4 is 4.74 Å². The molecule has 1 aromatic heterocycles. The number of carbonyl (C=O) groups is 1. The maximum absolute atomic E-state index is 10.5. The lowest BCUT2D eigenvalue weighted by Gasteiger charge is -2.09. The Morgan fingerprint density at radius 1 is 1.33 bits per heavy atom. The molecule has 0 amide bonds. The topological polar surface area (TPSA) is 64.3 Å². The molecule has 0 saturated carbocycles. The summed E-state index contributed by atoms with van der Waals surface area (Å²) in [5.74, 6) is 0.533. The van der Waals surface area contributed by atoms with Crippen molar-refractivity contribution < 1.29 is 14.6 Å². The number of nitrogens with zero attached hydrogens (tertiary/aromatic N) is 2. The number of carboxylic acids is 1. The number of hydrogen-bond donors (Lipinski definition) is 1. The van der Waals surface area contributed by atoms with Gasteiger partial charge in [0.25, 0.3) is 0 Å². The van der Waals surface area contributed by atoms with Crippen LogP contribution in [0.5, 0.6) is 11.5 Å². The molecule has 0 saturated heterocycles. The third kappa shape index (κ3) is 3.31. The SMILES string of the molecule is Cc1cc(C=CC(=O)O)ccc1Oc1c(C)nn(C)c1C. The Morgan fingerprint density at radius 3 is 2.57 bits per heavy atom. The predicted octanol–water partition coefficient (Wildman–Crippen LogP) is 3.24. The van der Waals surface area contributed by atoms with Gasteiger partial charge in [-0.25, -0.2) is 4.79 Å². The van der Waals surface area contributed by atoms with E-state index in [-0.39, 0.29) is 0 Å². The van der Waals surface area contributed by atoms with Gasteiger partial charge in [0.05, 0.1) is 5.69 Å². The second-order valence-corrected chi connectivity index (χ2v) is 4.92. The minimum Gasteiger partial charge on any atom is -0.478 e. The van der Waals surface area contributed by atoms with E-state index in [9.17, 15) is 4.79 Å². The van der Waals surface area contributed by atoms with Crippen molar-refractivity contribution in [3.63, 3.8) is 0 Å². The Morgan fingerprint density at radius 2 is 2.05 bits per heavy atom. The van der Waals surface area contributed by atoms with E-state index < -0.39 is 5.97 Å². The molecule has 0 fully saturated rings. The summed E-state index contributed by atoms with van der Waals surface area (Å²) in [5.41, 5.74) is 3.55. The van der Waals surface area contributed by atoms with Crippen molar-refractivity contribution >= 4 is 12.0 Å². The zero-order valence-electron chi connectivity index (χ0n) is 12.5. The van der Waals surface area contributed by atoms with Crippen LogP contribution in [-0.4, -0.2) is 20.9 Å². The molecule has 2 aromatic rings. The molecule has 21 heavy (non-hydrogen) atoms. The molecule has 0 bridgehead atoms. The van der Waals surface area contributed by atoms with Crippen molar-refractivity contribution in [1.29, 1.82) is 0 Å². The van der Waals surface area contributed by atoms with Gasteiger partial charge < -0.3 is 9.84 Å². The summed E-state index contributed by atoms with van der Waals surface area (Å²) < 4.78 is 7.73. The molecule has 1 N–H and O–H groups in total. The molecular weight excluding hydrogens is 268 g/mol. The third-order valence-corrected chi connectivity index (χ3v) is 3.27. The number of aromatic nitrogens is 2. The van der Waals surface area contributed by atoms with Crippen LogP contribution >= 0.6 is 0 Å². The monoisotopic (exact) mass is 286 g/mol. The van der Waals surface area contributed by atoms with Gasteiger partial charge in [0.1, 0.15) is 11.4 Å². The Labute approximate surface area is 123 Å². The van der Waals surface area contributed by atoms with Gasteiger partial charge in [0.15, 0.2) is 5.75 Å². The standard InChI is InChI=1S/C16H18N2O3/c1-10-9-13(6-8-15(19)20)5-7-14(10)21-16-11(2)17-18(4)12(16)3/h5-9H,1-4H3,(H,19,20).